The van der Waals surface area contributed by atoms with E-state index in [0.29, 0.717) is 13.0 Å². The first-order valence-corrected chi connectivity index (χ1v) is 5.19. The van der Waals surface area contributed by atoms with E-state index in [4.69, 9.17) is 27.0 Å². The normalized spacial score (nSPS) is 15.6. The Labute approximate surface area is 99.6 Å². The van der Waals surface area contributed by atoms with Gasteiger partial charge in [-0.3, -0.25) is 4.79 Å². The van der Waals surface area contributed by atoms with Gasteiger partial charge in [0.2, 0.25) is 0 Å². The van der Waals surface area contributed by atoms with Gasteiger partial charge in [0.1, 0.15) is 12.1 Å². The molecule has 0 saturated carbocycles. The summed E-state index contributed by atoms with van der Waals surface area (Å²) in [6.07, 6.45) is 0.364. The van der Waals surface area contributed by atoms with Crippen LogP contribution in [-0.4, -0.2) is 35.9 Å². The van der Waals surface area contributed by atoms with Crippen molar-refractivity contribution >= 4 is 12.1 Å². The van der Waals surface area contributed by atoms with E-state index in [9.17, 15) is 9.59 Å². The van der Waals surface area contributed by atoms with E-state index in [-0.39, 0.29) is 12.3 Å². The second kappa shape index (κ2) is 7.64. The number of carboxylic acid groups (broad SMARTS) is 1. The van der Waals surface area contributed by atoms with Crippen LogP contribution in [0, 0.1) is 5.92 Å². The fourth-order valence-electron chi connectivity index (χ4n) is 1.53. The third-order valence-corrected chi connectivity index (χ3v) is 2.36. The molecule has 7 nitrogen and oxygen atoms in total. The number of rotatable bonds is 8. The van der Waals surface area contributed by atoms with Crippen molar-refractivity contribution in [3.05, 3.63) is 12.7 Å². The monoisotopic (exact) mass is 245 g/mol. The van der Waals surface area contributed by atoms with E-state index in [1.165, 1.54) is 6.08 Å². The molecule has 2 unspecified atom stereocenters. The highest BCUT2D eigenvalue weighted by atomic mass is 16.6. The summed E-state index contributed by atoms with van der Waals surface area (Å²) < 4.78 is 4.81. The minimum Gasteiger partial charge on any atom is -0.480 e. The van der Waals surface area contributed by atoms with Gasteiger partial charge in [0.15, 0.2) is 0 Å². The number of ether oxygens (including phenoxy) is 1. The predicted molar refractivity (Wildman–Crippen MR) is 62.0 cm³/mol. The molecule has 1 amide bonds. The Morgan fingerprint density at radius 2 is 2.06 bits per heavy atom. The summed E-state index contributed by atoms with van der Waals surface area (Å²) in [7, 11) is 0. The number of carbonyl (C=O) groups excluding carboxylic acids is 1. The van der Waals surface area contributed by atoms with Gasteiger partial charge in [-0.2, -0.15) is 0 Å². The Hall–Kier alpha value is -1.60. The molecule has 0 aliphatic heterocycles. The molecule has 0 fully saturated rings. The van der Waals surface area contributed by atoms with Crippen molar-refractivity contribution in [2.75, 3.05) is 6.54 Å². The quantitative estimate of drug-likeness (QED) is 0.421. The maximum absolute atomic E-state index is 10.7. The highest BCUT2D eigenvalue weighted by Gasteiger charge is 2.26. The third-order valence-electron chi connectivity index (χ3n) is 2.36. The van der Waals surface area contributed by atoms with Crippen molar-refractivity contribution in [3.8, 4) is 0 Å². The summed E-state index contributed by atoms with van der Waals surface area (Å²) in [4.78, 5) is 21.3. The van der Waals surface area contributed by atoms with Crippen LogP contribution in [0.2, 0.25) is 0 Å². The molecule has 0 aromatic carbocycles. The van der Waals surface area contributed by atoms with Crippen LogP contribution in [0.4, 0.5) is 4.79 Å². The Bertz CT molecular complexity index is 283. The standard InChI is InChI=1S/C10H19N3O4/c1-2-8(17-10(13)16)6(3-4-11)5-7(12)9(14)15/h2,6-8H,1,3-5,11-12H2,(H2,13,16)(H,14,15)/t6?,7-,8?/m0/s1. The number of amides is 1. The van der Waals surface area contributed by atoms with E-state index < -0.39 is 24.2 Å². The van der Waals surface area contributed by atoms with Crippen molar-refractivity contribution in [1.29, 1.82) is 0 Å². The van der Waals surface area contributed by atoms with Crippen LogP contribution in [0.3, 0.4) is 0 Å². The molecule has 0 aliphatic carbocycles. The lowest BCUT2D eigenvalue weighted by Gasteiger charge is -2.24. The first-order valence-electron chi connectivity index (χ1n) is 5.19. The van der Waals surface area contributed by atoms with Crippen molar-refractivity contribution in [3.63, 3.8) is 0 Å². The van der Waals surface area contributed by atoms with E-state index in [2.05, 4.69) is 6.58 Å². The molecule has 7 N–H and O–H groups in total. The largest absolute Gasteiger partial charge is 0.480 e. The average Bonchev–Trinajstić information content (AvgIpc) is 2.24. The molecule has 0 aliphatic rings. The van der Waals surface area contributed by atoms with Gasteiger partial charge in [0.25, 0.3) is 0 Å². The van der Waals surface area contributed by atoms with Gasteiger partial charge >= 0.3 is 12.1 Å². The Balaban J connectivity index is 4.61. The lowest BCUT2D eigenvalue weighted by molar-refractivity contribution is -0.139. The number of aliphatic carboxylic acids is 1. The van der Waals surface area contributed by atoms with Crippen molar-refractivity contribution in [1.82, 2.24) is 0 Å². The zero-order valence-corrected chi connectivity index (χ0v) is 9.54. The summed E-state index contributed by atoms with van der Waals surface area (Å²) in [6.45, 7) is 3.83. The maximum atomic E-state index is 10.7. The minimum absolute atomic E-state index is 0.135. The fraction of sp³-hybridized carbons (Fsp3) is 0.600. The molecular formula is C10H19N3O4. The maximum Gasteiger partial charge on any atom is 0.405 e. The van der Waals surface area contributed by atoms with Gasteiger partial charge in [-0.25, -0.2) is 4.79 Å². The number of hydrogen-bond donors (Lipinski definition) is 4. The fourth-order valence-corrected chi connectivity index (χ4v) is 1.53. The van der Waals surface area contributed by atoms with Gasteiger partial charge in [-0.15, -0.1) is 0 Å². The molecule has 98 valence electrons. The molecule has 3 atom stereocenters. The SMILES string of the molecule is C=CC(OC(N)=O)C(CCN)C[C@H](N)C(=O)O. The van der Waals surface area contributed by atoms with Crippen molar-refractivity contribution < 1.29 is 19.4 Å². The summed E-state index contributed by atoms with van der Waals surface area (Å²) >= 11 is 0. The van der Waals surface area contributed by atoms with Crippen molar-refractivity contribution in [2.24, 2.45) is 23.1 Å². The zero-order chi connectivity index (χ0) is 13.4. The molecule has 0 aromatic rings. The van der Waals surface area contributed by atoms with Crippen LogP contribution in [0.5, 0.6) is 0 Å². The molecule has 0 aromatic heterocycles. The average molecular weight is 245 g/mol. The van der Waals surface area contributed by atoms with Crippen LogP contribution in [-0.2, 0) is 9.53 Å². The number of primary amides is 1. The van der Waals surface area contributed by atoms with Gasteiger partial charge in [-0.1, -0.05) is 12.7 Å². The molecule has 0 bridgehead atoms. The summed E-state index contributed by atoms with van der Waals surface area (Å²) in [5.74, 6) is -1.43. The Morgan fingerprint density at radius 1 is 1.47 bits per heavy atom. The van der Waals surface area contributed by atoms with E-state index >= 15 is 0 Å². The number of hydrogen-bond acceptors (Lipinski definition) is 5. The van der Waals surface area contributed by atoms with Crippen LogP contribution < -0.4 is 17.2 Å². The number of carbonyl (C=O) groups is 2. The summed E-state index contributed by atoms with van der Waals surface area (Å²) in [6, 6.07) is -1.04. The summed E-state index contributed by atoms with van der Waals surface area (Å²) in [5, 5.41) is 8.72. The minimum atomic E-state index is -1.12. The molecule has 0 spiro atoms. The lowest BCUT2D eigenvalue weighted by atomic mass is 9.91. The molecule has 0 heterocycles. The molecule has 0 radical (unpaired) electrons. The van der Waals surface area contributed by atoms with Gasteiger partial charge < -0.3 is 27.0 Å². The summed E-state index contributed by atoms with van der Waals surface area (Å²) in [5.41, 5.74) is 15.7. The Kier molecular flexibility index (Phi) is 6.92. The van der Waals surface area contributed by atoms with E-state index in [1.54, 1.807) is 0 Å². The molecule has 17 heavy (non-hydrogen) atoms. The molecular weight excluding hydrogens is 226 g/mol. The van der Waals surface area contributed by atoms with E-state index in [1.807, 2.05) is 0 Å². The van der Waals surface area contributed by atoms with Crippen molar-refractivity contribution in [2.45, 2.75) is 25.0 Å². The number of nitrogens with two attached hydrogens (primary N) is 3. The van der Waals surface area contributed by atoms with Crippen LogP contribution in [0.25, 0.3) is 0 Å². The van der Waals surface area contributed by atoms with Gasteiger partial charge in [0.05, 0.1) is 0 Å². The lowest BCUT2D eigenvalue weighted by Crippen LogP contribution is -2.38. The van der Waals surface area contributed by atoms with Crippen LogP contribution in [0.1, 0.15) is 12.8 Å². The molecule has 0 rings (SSSR count). The van der Waals surface area contributed by atoms with E-state index in [0.717, 1.165) is 0 Å². The first-order chi connectivity index (χ1) is 7.92. The van der Waals surface area contributed by atoms with Gasteiger partial charge in [-0.05, 0) is 19.4 Å². The topological polar surface area (TPSA) is 142 Å². The Morgan fingerprint density at radius 3 is 2.41 bits per heavy atom. The second-order valence-electron chi connectivity index (χ2n) is 3.66. The van der Waals surface area contributed by atoms with Gasteiger partial charge in [0, 0.05) is 5.92 Å². The highest BCUT2D eigenvalue weighted by molar-refractivity contribution is 5.73. The third kappa shape index (κ3) is 5.88. The molecule has 0 saturated heterocycles. The zero-order valence-electron chi connectivity index (χ0n) is 9.54. The molecule has 7 heteroatoms. The van der Waals surface area contributed by atoms with Crippen LogP contribution in [0.15, 0.2) is 12.7 Å². The second-order valence-corrected chi connectivity index (χ2v) is 3.66. The van der Waals surface area contributed by atoms with Crippen LogP contribution >= 0.6 is 0 Å². The smallest absolute Gasteiger partial charge is 0.405 e. The predicted octanol–water partition coefficient (Wildman–Crippen LogP) is -0.597. The number of carboxylic acids is 1. The highest BCUT2D eigenvalue weighted by Crippen LogP contribution is 2.19. The first kappa shape index (κ1) is 15.4.